The zero-order valence-electron chi connectivity index (χ0n) is 9.62. The molecule has 9 heteroatoms. The highest BCUT2D eigenvalue weighted by Gasteiger charge is 2.49. The highest BCUT2D eigenvalue weighted by atomic mass is 35.5. The van der Waals surface area contributed by atoms with E-state index in [1.165, 1.54) is 19.2 Å². The van der Waals surface area contributed by atoms with Gasteiger partial charge in [-0.3, -0.25) is 4.79 Å². The second-order valence-electron chi connectivity index (χ2n) is 3.33. The Morgan fingerprint density at radius 2 is 2.00 bits per heavy atom. The van der Waals surface area contributed by atoms with Crippen molar-refractivity contribution in [2.75, 3.05) is 18.2 Å². The van der Waals surface area contributed by atoms with Crippen LogP contribution in [0.25, 0.3) is 0 Å². The Morgan fingerprint density at radius 3 is 2.47 bits per heavy atom. The van der Waals surface area contributed by atoms with Crippen LogP contribution in [0.1, 0.15) is 0 Å². The van der Waals surface area contributed by atoms with Crippen LogP contribution in [-0.4, -0.2) is 25.4 Å². The highest BCUT2D eigenvalue weighted by molar-refractivity contribution is 5.98. The van der Waals surface area contributed by atoms with E-state index in [2.05, 4.69) is 0 Å². The van der Waals surface area contributed by atoms with Crippen molar-refractivity contribution in [1.82, 2.24) is 0 Å². The molecule has 1 rings (SSSR count). The maximum Gasteiger partial charge on any atom is 0.383 e. The summed E-state index contributed by atoms with van der Waals surface area (Å²) in [6.07, 6.45) is -4.09. The Labute approximate surface area is 112 Å². The number of amides is 1. The number of hydrogen-bond donors (Lipinski definition) is 2. The summed E-state index contributed by atoms with van der Waals surface area (Å²) >= 11 is 0. The molecule has 0 bridgehead atoms. The predicted octanol–water partition coefficient (Wildman–Crippen LogP) is 2.54. The van der Waals surface area contributed by atoms with Gasteiger partial charge in [-0.1, -0.05) is 0 Å². The maximum atomic E-state index is 12.7. The summed E-state index contributed by atoms with van der Waals surface area (Å²) in [7, 11) is 1.31. The van der Waals surface area contributed by atoms with Crippen molar-refractivity contribution in [1.29, 1.82) is 0 Å². The molecular formula is C10H11ClF4N2O2. The third-order valence-electron chi connectivity index (χ3n) is 2.09. The number of carbonyl (C=O) groups excluding carboxylic acids is 1. The lowest BCUT2D eigenvalue weighted by atomic mass is 10.2. The van der Waals surface area contributed by atoms with Gasteiger partial charge >= 0.3 is 18.3 Å². The number of methoxy groups -OCH3 is 1. The van der Waals surface area contributed by atoms with Crippen LogP contribution in [0.2, 0.25) is 0 Å². The molecule has 0 aliphatic rings. The lowest BCUT2D eigenvalue weighted by molar-refractivity contribution is -0.163. The minimum atomic E-state index is -4.78. The van der Waals surface area contributed by atoms with E-state index in [0.29, 0.717) is 0 Å². The van der Waals surface area contributed by atoms with Crippen molar-refractivity contribution in [2.24, 2.45) is 0 Å². The van der Waals surface area contributed by atoms with Crippen molar-refractivity contribution in [3.05, 3.63) is 18.2 Å². The number of anilines is 2. The number of nitrogens with two attached hydrogens (primary N) is 1. The Kier molecular flexibility index (Phi) is 5.88. The third kappa shape index (κ3) is 3.88. The molecular weight excluding hydrogens is 292 g/mol. The number of carbonyl (C=O) groups is 1. The molecule has 1 aromatic rings. The molecule has 0 unspecified atom stereocenters. The average Bonchev–Trinajstić information content (AvgIpc) is 2.31. The summed E-state index contributed by atoms with van der Waals surface area (Å²) in [5.74, 6) is -6.67. The molecule has 108 valence electrons. The van der Waals surface area contributed by atoms with E-state index in [1.54, 1.807) is 5.32 Å². The predicted molar refractivity (Wildman–Crippen MR) is 64.2 cm³/mol. The second kappa shape index (κ2) is 6.46. The molecule has 19 heavy (non-hydrogen) atoms. The smallest absolute Gasteiger partial charge is 0.383 e. The lowest BCUT2D eigenvalue weighted by Crippen LogP contribution is -2.41. The third-order valence-corrected chi connectivity index (χ3v) is 2.09. The van der Waals surface area contributed by atoms with E-state index in [4.69, 9.17) is 10.5 Å². The first-order valence-electron chi connectivity index (χ1n) is 4.70. The largest absolute Gasteiger partial charge is 0.497 e. The topological polar surface area (TPSA) is 64.3 Å². The molecule has 4 nitrogen and oxygen atoms in total. The van der Waals surface area contributed by atoms with Gasteiger partial charge in [-0.05, 0) is 12.1 Å². The fraction of sp³-hybridized carbons (Fsp3) is 0.300. The van der Waals surface area contributed by atoms with Gasteiger partial charge in [0.15, 0.2) is 0 Å². The van der Waals surface area contributed by atoms with Gasteiger partial charge in [0.25, 0.3) is 0 Å². The molecule has 0 fully saturated rings. The number of nitrogens with one attached hydrogen (secondary N) is 1. The van der Waals surface area contributed by atoms with Crippen LogP contribution in [0.4, 0.5) is 28.9 Å². The molecule has 0 aliphatic heterocycles. The molecule has 0 aromatic heterocycles. The minimum Gasteiger partial charge on any atom is -0.497 e. The highest BCUT2D eigenvalue weighted by Crippen LogP contribution is 2.28. The number of alkyl halides is 4. The van der Waals surface area contributed by atoms with E-state index in [9.17, 15) is 22.4 Å². The molecule has 1 aromatic carbocycles. The number of ether oxygens (including phenoxy) is 1. The van der Waals surface area contributed by atoms with Gasteiger partial charge in [-0.2, -0.15) is 8.78 Å². The molecule has 0 aliphatic carbocycles. The van der Waals surface area contributed by atoms with Crippen molar-refractivity contribution < 1.29 is 27.1 Å². The van der Waals surface area contributed by atoms with Gasteiger partial charge in [0, 0.05) is 6.07 Å². The fourth-order valence-electron chi connectivity index (χ4n) is 1.08. The molecule has 0 saturated carbocycles. The first-order valence-corrected chi connectivity index (χ1v) is 4.70. The summed E-state index contributed by atoms with van der Waals surface area (Å²) < 4.78 is 54.1. The summed E-state index contributed by atoms with van der Waals surface area (Å²) in [5, 5.41) is 1.63. The molecule has 0 heterocycles. The van der Waals surface area contributed by atoms with E-state index >= 15 is 0 Å². The average molecular weight is 303 g/mol. The van der Waals surface area contributed by atoms with E-state index in [-0.39, 0.29) is 29.5 Å². The molecule has 1 amide bonds. The molecule has 0 spiro atoms. The van der Waals surface area contributed by atoms with Gasteiger partial charge in [-0.15, -0.1) is 12.4 Å². The number of nitrogen functional groups attached to an aromatic ring is 1. The zero-order valence-corrected chi connectivity index (χ0v) is 10.4. The summed E-state index contributed by atoms with van der Waals surface area (Å²) in [5.41, 5.74) is 5.14. The SMILES string of the molecule is COc1ccc(N)c(NC(=O)C(F)(F)C(F)F)c1.Cl. The van der Waals surface area contributed by atoms with Crippen LogP contribution in [0.15, 0.2) is 18.2 Å². The summed E-state index contributed by atoms with van der Waals surface area (Å²) in [4.78, 5) is 11.0. The van der Waals surface area contributed by atoms with Gasteiger partial charge < -0.3 is 15.8 Å². The standard InChI is InChI=1S/C10H10F4N2O2.ClH/c1-18-5-2-3-6(15)7(4-5)16-9(17)10(13,14)8(11)12;/h2-4,8H,15H2,1H3,(H,16,17);1H. The number of rotatable bonds is 4. The first kappa shape index (κ1) is 17.3. The fourth-order valence-corrected chi connectivity index (χ4v) is 1.08. The first-order chi connectivity index (χ1) is 8.28. The lowest BCUT2D eigenvalue weighted by Gasteiger charge is -2.16. The van der Waals surface area contributed by atoms with Gasteiger partial charge in [0.1, 0.15) is 5.75 Å². The number of benzene rings is 1. The van der Waals surface area contributed by atoms with E-state index in [0.717, 1.165) is 6.07 Å². The van der Waals surface area contributed by atoms with Crippen molar-refractivity contribution in [3.63, 3.8) is 0 Å². The molecule has 0 radical (unpaired) electrons. The second-order valence-corrected chi connectivity index (χ2v) is 3.33. The van der Waals surface area contributed by atoms with Crippen LogP contribution in [0.3, 0.4) is 0 Å². The summed E-state index contributed by atoms with van der Waals surface area (Å²) in [6.45, 7) is 0. The van der Waals surface area contributed by atoms with Crippen LogP contribution in [0, 0.1) is 0 Å². The quantitative estimate of drug-likeness (QED) is 0.663. The van der Waals surface area contributed by atoms with Gasteiger partial charge in [-0.25, -0.2) is 8.78 Å². The van der Waals surface area contributed by atoms with Crippen LogP contribution < -0.4 is 15.8 Å². The molecule has 3 N–H and O–H groups in total. The number of halogens is 5. The zero-order chi connectivity index (χ0) is 13.9. The Balaban J connectivity index is 0.00000324. The van der Waals surface area contributed by atoms with Crippen LogP contribution in [0.5, 0.6) is 5.75 Å². The Morgan fingerprint density at radius 1 is 1.42 bits per heavy atom. The number of hydrogen-bond acceptors (Lipinski definition) is 3. The Bertz CT molecular complexity index is 457. The van der Waals surface area contributed by atoms with Gasteiger partial charge in [0.2, 0.25) is 0 Å². The Hall–Kier alpha value is -1.70. The monoisotopic (exact) mass is 302 g/mol. The summed E-state index contributed by atoms with van der Waals surface area (Å²) in [6, 6.07) is 3.86. The minimum absolute atomic E-state index is 0. The maximum absolute atomic E-state index is 12.7. The van der Waals surface area contributed by atoms with Crippen molar-refractivity contribution >= 4 is 29.7 Å². The van der Waals surface area contributed by atoms with E-state index < -0.39 is 18.3 Å². The van der Waals surface area contributed by atoms with Crippen molar-refractivity contribution in [2.45, 2.75) is 12.3 Å². The van der Waals surface area contributed by atoms with Crippen LogP contribution in [-0.2, 0) is 4.79 Å². The van der Waals surface area contributed by atoms with Crippen molar-refractivity contribution in [3.8, 4) is 5.75 Å². The normalized spacial score (nSPS) is 10.8. The van der Waals surface area contributed by atoms with Crippen LogP contribution >= 0.6 is 12.4 Å². The van der Waals surface area contributed by atoms with Gasteiger partial charge in [0.05, 0.1) is 18.5 Å². The van der Waals surface area contributed by atoms with E-state index in [1.807, 2.05) is 0 Å². The molecule has 0 saturated heterocycles. The molecule has 0 atom stereocenters.